The van der Waals surface area contributed by atoms with Gasteiger partial charge in [-0.15, -0.1) is 0 Å². The summed E-state index contributed by atoms with van der Waals surface area (Å²) < 4.78 is 0. The molecular weight excluding hydrogens is 214 g/mol. The minimum absolute atomic E-state index is 0.526. The number of nitrogens with zero attached hydrogens (tertiary/aromatic N) is 1. The predicted octanol–water partition coefficient (Wildman–Crippen LogP) is 2.69. The number of anilines is 1. The minimum atomic E-state index is -0.784. The van der Waals surface area contributed by atoms with Gasteiger partial charge in [-0.3, -0.25) is 0 Å². The molecule has 17 heavy (non-hydrogen) atoms. The summed E-state index contributed by atoms with van der Waals surface area (Å²) in [7, 11) is 0. The molecule has 0 bridgehead atoms. The molecule has 0 amide bonds. The third-order valence-electron chi connectivity index (χ3n) is 3.34. The highest BCUT2D eigenvalue weighted by atomic mass is 16.4. The lowest BCUT2D eigenvalue weighted by atomic mass is 9.98. The zero-order valence-electron chi connectivity index (χ0n) is 10.0. The Morgan fingerprint density at radius 2 is 1.76 bits per heavy atom. The maximum atomic E-state index is 10.9. The Hall–Kier alpha value is -1.77. The first kappa shape index (κ1) is 11.7. The molecule has 1 aliphatic rings. The highest BCUT2D eigenvalue weighted by molar-refractivity contribution is 5.86. The zero-order valence-corrected chi connectivity index (χ0v) is 10.0. The van der Waals surface area contributed by atoms with Crippen LogP contribution in [-0.2, 0) is 4.79 Å². The average molecular weight is 231 g/mol. The SMILES string of the molecule is CC(C(=O)O)=C1CCN(c2ccccc2)CC1. The van der Waals surface area contributed by atoms with E-state index in [2.05, 4.69) is 17.0 Å². The van der Waals surface area contributed by atoms with Gasteiger partial charge in [0.05, 0.1) is 0 Å². The largest absolute Gasteiger partial charge is 0.478 e. The van der Waals surface area contributed by atoms with Gasteiger partial charge in [-0.1, -0.05) is 23.8 Å². The van der Waals surface area contributed by atoms with Gasteiger partial charge in [0.1, 0.15) is 0 Å². The van der Waals surface area contributed by atoms with E-state index in [0.717, 1.165) is 31.5 Å². The predicted molar refractivity (Wildman–Crippen MR) is 68.2 cm³/mol. The zero-order chi connectivity index (χ0) is 12.3. The van der Waals surface area contributed by atoms with Crippen LogP contribution in [0.1, 0.15) is 19.8 Å². The molecule has 2 rings (SSSR count). The van der Waals surface area contributed by atoms with Gasteiger partial charge in [-0.25, -0.2) is 4.79 Å². The lowest BCUT2D eigenvalue weighted by Crippen LogP contribution is -2.31. The molecule has 0 atom stereocenters. The Labute approximate surface area is 101 Å². The molecule has 1 N–H and O–H groups in total. The van der Waals surface area contributed by atoms with Crippen molar-refractivity contribution < 1.29 is 9.90 Å². The number of carbonyl (C=O) groups is 1. The second kappa shape index (κ2) is 5.04. The van der Waals surface area contributed by atoms with Crippen LogP contribution in [0.3, 0.4) is 0 Å². The fraction of sp³-hybridized carbons (Fsp3) is 0.357. The van der Waals surface area contributed by atoms with E-state index in [1.54, 1.807) is 6.92 Å². The standard InChI is InChI=1S/C14H17NO2/c1-11(14(16)17)12-7-9-15(10-8-12)13-5-3-2-4-6-13/h2-6H,7-10H2,1H3,(H,16,17). The van der Waals surface area contributed by atoms with Gasteiger partial charge in [0.15, 0.2) is 0 Å². The Balaban J connectivity index is 2.04. The van der Waals surface area contributed by atoms with Gasteiger partial charge in [0, 0.05) is 24.4 Å². The van der Waals surface area contributed by atoms with Gasteiger partial charge in [0.25, 0.3) is 0 Å². The molecule has 1 saturated heterocycles. The quantitative estimate of drug-likeness (QED) is 0.795. The molecule has 1 heterocycles. The number of carboxylic acids is 1. The fourth-order valence-corrected chi connectivity index (χ4v) is 2.20. The molecule has 0 spiro atoms. The topological polar surface area (TPSA) is 40.5 Å². The molecule has 1 aliphatic heterocycles. The van der Waals surface area contributed by atoms with E-state index in [1.807, 2.05) is 18.2 Å². The van der Waals surface area contributed by atoms with Crippen LogP contribution in [0.25, 0.3) is 0 Å². The van der Waals surface area contributed by atoms with Crippen molar-refractivity contribution in [1.82, 2.24) is 0 Å². The van der Waals surface area contributed by atoms with Gasteiger partial charge in [-0.05, 0) is 31.9 Å². The highest BCUT2D eigenvalue weighted by Crippen LogP contribution is 2.24. The van der Waals surface area contributed by atoms with Crippen molar-refractivity contribution >= 4 is 11.7 Å². The average Bonchev–Trinajstić information content (AvgIpc) is 2.39. The second-order valence-electron chi connectivity index (χ2n) is 4.36. The molecule has 1 aromatic rings. The van der Waals surface area contributed by atoms with E-state index in [-0.39, 0.29) is 0 Å². The van der Waals surface area contributed by atoms with Gasteiger partial charge in [0.2, 0.25) is 0 Å². The number of aliphatic carboxylic acids is 1. The van der Waals surface area contributed by atoms with Crippen molar-refractivity contribution in [2.75, 3.05) is 18.0 Å². The van der Waals surface area contributed by atoms with E-state index < -0.39 is 5.97 Å². The number of benzene rings is 1. The number of rotatable bonds is 2. The van der Waals surface area contributed by atoms with Gasteiger partial charge < -0.3 is 10.0 Å². The Bertz CT molecular complexity index is 427. The third-order valence-corrected chi connectivity index (χ3v) is 3.34. The van der Waals surface area contributed by atoms with E-state index in [0.29, 0.717) is 5.57 Å². The van der Waals surface area contributed by atoms with Crippen molar-refractivity contribution in [3.05, 3.63) is 41.5 Å². The molecule has 0 unspecified atom stereocenters. The minimum Gasteiger partial charge on any atom is -0.478 e. The first-order valence-electron chi connectivity index (χ1n) is 5.90. The van der Waals surface area contributed by atoms with Gasteiger partial charge >= 0.3 is 5.97 Å². The Kier molecular flexibility index (Phi) is 3.47. The molecule has 90 valence electrons. The molecule has 0 aliphatic carbocycles. The summed E-state index contributed by atoms with van der Waals surface area (Å²) in [6, 6.07) is 10.3. The molecule has 1 aromatic carbocycles. The maximum Gasteiger partial charge on any atom is 0.331 e. The van der Waals surface area contributed by atoms with Crippen LogP contribution in [0.4, 0.5) is 5.69 Å². The van der Waals surface area contributed by atoms with Crippen molar-refractivity contribution in [3.8, 4) is 0 Å². The first-order chi connectivity index (χ1) is 8.18. The van der Waals surface area contributed by atoms with E-state index >= 15 is 0 Å². The monoisotopic (exact) mass is 231 g/mol. The smallest absolute Gasteiger partial charge is 0.331 e. The molecule has 0 saturated carbocycles. The number of hydrogen-bond donors (Lipinski definition) is 1. The van der Waals surface area contributed by atoms with Crippen LogP contribution < -0.4 is 4.90 Å². The van der Waals surface area contributed by atoms with Gasteiger partial charge in [-0.2, -0.15) is 0 Å². The lowest BCUT2D eigenvalue weighted by Gasteiger charge is -2.30. The molecule has 1 fully saturated rings. The molecule has 0 radical (unpaired) electrons. The Morgan fingerprint density at radius 1 is 1.18 bits per heavy atom. The summed E-state index contributed by atoms with van der Waals surface area (Å²) in [5.74, 6) is -0.784. The normalized spacial score (nSPS) is 15.8. The molecule has 3 nitrogen and oxygen atoms in total. The fourth-order valence-electron chi connectivity index (χ4n) is 2.20. The number of hydrogen-bond acceptors (Lipinski definition) is 2. The van der Waals surface area contributed by atoms with Crippen LogP contribution >= 0.6 is 0 Å². The molecule has 0 aromatic heterocycles. The summed E-state index contributed by atoms with van der Waals surface area (Å²) in [6.07, 6.45) is 1.71. The van der Waals surface area contributed by atoms with E-state index in [1.165, 1.54) is 5.69 Å². The number of carboxylic acid groups (broad SMARTS) is 1. The summed E-state index contributed by atoms with van der Waals surface area (Å²) in [5, 5.41) is 8.95. The molecular formula is C14H17NO2. The second-order valence-corrected chi connectivity index (χ2v) is 4.36. The number of para-hydroxylation sites is 1. The van der Waals surface area contributed by atoms with Crippen molar-refractivity contribution in [3.63, 3.8) is 0 Å². The maximum absolute atomic E-state index is 10.9. The lowest BCUT2D eigenvalue weighted by molar-refractivity contribution is -0.132. The van der Waals surface area contributed by atoms with Crippen molar-refractivity contribution in [1.29, 1.82) is 0 Å². The van der Waals surface area contributed by atoms with E-state index in [4.69, 9.17) is 5.11 Å². The van der Waals surface area contributed by atoms with Crippen LogP contribution in [0.15, 0.2) is 41.5 Å². The summed E-state index contributed by atoms with van der Waals surface area (Å²) in [5.41, 5.74) is 2.84. The summed E-state index contributed by atoms with van der Waals surface area (Å²) in [4.78, 5) is 13.2. The number of piperidine rings is 1. The summed E-state index contributed by atoms with van der Waals surface area (Å²) >= 11 is 0. The van der Waals surface area contributed by atoms with Crippen LogP contribution in [0.2, 0.25) is 0 Å². The van der Waals surface area contributed by atoms with E-state index in [9.17, 15) is 4.79 Å². The van der Waals surface area contributed by atoms with Crippen LogP contribution in [-0.4, -0.2) is 24.2 Å². The highest BCUT2D eigenvalue weighted by Gasteiger charge is 2.17. The third kappa shape index (κ3) is 2.67. The van der Waals surface area contributed by atoms with Crippen molar-refractivity contribution in [2.24, 2.45) is 0 Å². The van der Waals surface area contributed by atoms with Crippen LogP contribution in [0.5, 0.6) is 0 Å². The summed E-state index contributed by atoms with van der Waals surface area (Å²) in [6.45, 7) is 3.52. The Morgan fingerprint density at radius 3 is 2.29 bits per heavy atom. The first-order valence-corrected chi connectivity index (χ1v) is 5.90. The molecule has 3 heteroatoms. The van der Waals surface area contributed by atoms with Crippen molar-refractivity contribution in [2.45, 2.75) is 19.8 Å². The van der Waals surface area contributed by atoms with Crippen LogP contribution in [0, 0.1) is 0 Å².